The fraction of sp³-hybridized carbons (Fsp3) is 0.881. The van der Waals surface area contributed by atoms with Crippen molar-refractivity contribution in [2.75, 3.05) is 44.8 Å². The predicted octanol–water partition coefficient (Wildman–Crippen LogP) is 8.38. The number of fused-ring (bicyclic) bond motifs is 7. The summed E-state index contributed by atoms with van der Waals surface area (Å²) in [6.07, 6.45) is 19.3. The van der Waals surface area contributed by atoms with Crippen LogP contribution >= 0.6 is 0 Å². The first-order valence-electron chi connectivity index (χ1n) is 20.1. The number of nitrogens with one attached hydrogen (secondary N) is 1. The molecule has 0 aromatic heterocycles. The van der Waals surface area contributed by atoms with Crippen LogP contribution in [0.4, 0.5) is 0 Å². The second kappa shape index (κ2) is 13.7. The van der Waals surface area contributed by atoms with Crippen LogP contribution in [0, 0.1) is 51.2 Å². The number of unbranched alkanes of at least 4 members (excludes halogenated alkanes) is 2. The van der Waals surface area contributed by atoms with Crippen molar-refractivity contribution >= 4 is 15.8 Å². The minimum Gasteiger partial charge on any atom is -0.469 e. The summed E-state index contributed by atoms with van der Waals surface area (Å²) in [7, 11) is -1.36. The minimum absolute atomic E-state index is 0.0845. The highest BCUT2D eigenvalue weighted by Crippen LogP contribution is 2.76. The van der Waals surface area contributed by atoms with Gasteiger partial charge in [0.05, 0.1) is 18.6 Å². The molecule has 6 aliphatic rings. The van der Waals surface area contributed by atoms with Gasteiger partial charge in [0.1, 0.15) is 0 Å². The van der Waals surface area contributed by atoms with Crippen LogP contribution in [0.2, 0.25) is 0 Å². The van der Waals surface area contributed by atoms with Gasteiger partial charge in [-0.2, -0.15) is 0 Å². The molecule has 1 saturated heterocycles. The third-order valence-corrected chi connectivity index (χ3v) is 18.3. The Morgan fingerprint density at radius 1 is 0.939 bits per heavy atom. The Morgan fingerprint density at radius 3 is 2.37 bits per heavy atom. The maximum Gasteiger partial charge on any atom is 0.305 e. The molecule has 4 saturated carbocycles. The van der Waals surface area contributed by atoms with Crippen LogP contribution in [0.1, 0.15) is 131 Å². The Bertz CT molecular complexity index is 1390. The van der Waals surface area contributed by atoms with Gasteiger partial charge in [0.15, 0.2) is 9.84 Å². The lowest BCUT2D eigenvalue weighted by atomic mass is 9.33. The van der Waals surface area contributed by atoms with Crippen molar-refractivity contribution < 1.29 is 17.9 Å². The molecule has 1 heterocycles. The molecule has 6 nitrogen and oxygen atoms in total. The third kappa shape index (κ3) is 6.44. The summed E-state index contributed by atoms with van der Waals surface area (Å²) in [5, 5.41) is 4.22. The van der Waals surface area contributed by atoms with E-state index < -0.39 is 9.84 Å². The van der Waals surface area contributed by atoms with Gasteiger partial charge in [0.2, 0.25) is 0 Å². The first-order valence-corrected chi connectivity index (χ1v) is 21.9. The monoisotopic (exact) mass is 699 g/mol. The van der Waals surface area contributed by atoms with Crippen molar-refractivity contribution in [3.05, 3.63) is 23.8 Å². The van der Waals surface area contributed by atoms with Crippen molar-refractivity contribution in [3.63, 3.8) is 0 Å². The fourth-order valence-corrected chi connectivity index (χ4v) is 15.1. The zero-order chi connectivity index (χ0) is 35.5. The van der Waals surface area contributed by atoms with Gasteiger partial charge in [-0.15, -0.1) is 0 Å². The second-order valence-corrected chi connectivity index (χ2v) is 21.4. The molecule has 1 N–H and O–H groups in total. The lowest BCUT2D eigenvalue weighted by Crippen LogP contribution is -2.68. The molecular formula is C42H70N2O4S. The molecule has 0 radical (unpaired) electrons. The number of methoxy groups -OCH3 is 1. The number of hydrogen-bond donors (Lipinski definition) is 1. The van der Waals surface area contributed by atoms with Crippen molar-refractivity contribution in [1.29, 1.82) is 0 Å². The highest BCUT2D eigenvalue weighted by Gasteiger charge is 2.70. The third-order valence-electron chi connectivity index (χ3n) is 16.7. The minimum atomic E-state index is -2.85. The van der Waals surface area contributed by atoms with Gasteiger partial charge >= 0.3 is 5.97 Å². The SMILES string of the molecule is C=C(C)C1CCC2(NCCN3CCS(=O)(=O)CC3)CCC3(C)C(CCC4C5(C)CC=C(CCCCCC(=O)OC)C(C)(C)C5CCC43C)C12. The quantitative estimate of drug-likeness (QED) is 0.133. The molecule has 7 heteroatoms. The van der Waals surface area contributed by atoms with E-state index in [9.17, 15) is 13.2 Å². The number of hydrogen-bond acceptors (Lipinski definition) is 6. The summed E-state index contributed by atoms with van der Waals surface area (Å²) in [5.74, 6) is 3.95. The van der Waals surface area contributed by atoms with Crippen LogP contribution in [0.5, 0.6) is 0 Å². The number of sulfone groups is 1. The molecule has 1 aliphatic heterocycles. The number of esters is 1. The fourth-order valence-electron chi connectivity index (χ4n) is 13.8. The Balaban J connectivity index is 1.18. The van der Waals surface area contributed by atoms with E-state index in [2.05, 4.69) is 64.4 Å². The number of nitrogens with zero attached hydrogens (tertiary/aromatic N) is 1. The Labute approximate surface area is 299 Å². The van der Waals surface area contributed by atoms with Crippen LogP contribution in [0.15, 0.2) is 23.8 Å². The lowest BCUT2D eigenvalue weighted by Gasteiger charge is -2.72. The summed E-state index contributed by atoms with van der Waals surface area (Å²) in [4.78, 5) is 14.0. The number of rotatable bonds is 11. The summed E-state index contributed by atoms with van der Waals surface area (Å²) in [5.41, 5.74) is 4.45. The smallest absolute Gasteiger partial charge is 0.305 e. The molecule has 49 heavy (non-hydrogen) atoms. The van der Waals surface area contributed by atoms with Crippen LogP contribution < -0.4 is 5.32 Å². The molecule has 0 bridgehead atoms. The predicted molar refractivity (Wildman–Crippen MR) is 201 cm³/mol. The van der Waals surface area contributed by atoms with E-state index in [-0.39, 0.29) is 16.9 Å². The molecule has 6 rings (SSSR count). The van der Waals surface area contributed by atoms with Gasteiger partial charge in [0.25, 0.3) is 0 Å². The van der Waals surface area contributed by atoms with E-state index in [1.54, 1.807) is 5.57 Å². The maximum atomic E-state index is 12.0. The Kier molecular flexibility index (Phi) is 10.5. The van der Waals surface area contributed by atoms with Crippen molar-refractivity contribution in [3.8, 4) is 0 Å². The maximum absolute atomic E-state index is 12.0. The molecule has 5 fully saturated rings. The van der Waals surface area contributed by atoms with E-state index in [1.807, 2.05) is 0 Å². The largest absolute Gasteiger partial charge is 0.469 e. The average Bonchev–Trinajstić information content (AvgIpc) is 3.43. The summed E-state index contributed by atoms with van der Waals surface area (Å²) >= 11 is 0. The summed E-state index contributed by atoms with van der Waals surface area (Å²) in [6.45, 7) is 23.5. The van der Waals surface area contributed by atoms with E-state index in [0.29, 0.717) is 65.0 Å². The molecule has 9 unspecified atom stereocenters. The average molecular weight is 699 g/mol. The highest BCUT2D eigenvalue weighted by molar-refractivity contribution is 7.91. The molecule has 278 valence electrons. The summed E-state index contributed by atoms with van der Waals surface area (Å²) < 4.78 is 28.9. The van der Waals surface area contributed by atoms with Crippen molar-refractivity contribution in [2.24, 2.45) is 51.2 Å². The van der Waals surface area contributed by atoms with Gasteiger partial charge in [-0.3, -0.25) is 4.79 Å². The number of carbonyl (C=O) groups is 1. The van der Waals surface area contributed by atoms with Gasteiger partial charge in [0, 0.05) is 38.1 Å². The number of ether oxygens (including phenoxy) is 1. The zero-order valence-electron chi connectivity index (χ0n) is 32.3. The van der Waals surface area contributed by atoms with Gasteiger partial charge in [-0.05, 0) is 135 Å². The van der Waals surface area contributed by atoms with Crippen LogP contribution in [0.3, 0.4) is 0 Å². The first-order chi connectivity index (χ1) is 23.0. The lowest BCUT2D eigenvalue weighted by molar-refractivity contribution is -0.221. The zero-order valence-corrected chi connectivity index (χ0v) is 33.1. The van der Waals surface area contributed by atoms with Crippen molar-refractivity contribution in [1.82, 2.24) is 10.2 Å². The van der Waals surface area contributed by atoms with Crippen LogP contribution in [0.25, 0.3) is 0 Å². The molecular weight excluding hydrogens is 629 g/mol. The van der Waals surface area contributed by atoms with Gasteiger partial charge in [-0.1, -0.05) is 64.8 Å². The molecule has 0 amide bonds. The Morgan fingerprint density at radius 2 is 1.67 bits per heavy atom. The topological polar surface area (TPSA) is 75.7 Å². The molecule has 9 atom stereocenters. The number of allylic oxidation sites excluding steroid dienone is 3. The molecule has 5 aliphatic carbocycles. The first kappa shape index (κ1) is 37.6. The van der Waals surface area contributed by atoms with Crippen LogP contribution in [-0.2, 0) is 19.4 Å². The standard InChI is InChI=1S/C42H70N2O4S/c1-30(2)32-17-21-42(43-24-25-44-26-28-49(46,47)29-27-44)23-22-40(6)33(37(32)42)14-15-35-39(5)19-16-31(12-10-9-11-13-36(45)48-8)38(3,4)34(39)18-20-41(35,40)7/h16,32-35,37,43H,1,9-15,17-29H2,2-8H3. The highest BCUT2D eigenvalue weighted by atomic mass is 32.2. The van der Waals surface area contributed by atoms with Crippen molar-refractivity contribution in [2.45, 2.75) is 137 Å². The normalized spacial score (nSPS) is 42.6. The second-order valence-electron chi connectivity index (χ2n) is 19.1. The van der Waals surface area contributed by atoms with Gasteiger partial charge < -0.3 is 15.0 Å². The van der Waals surface area contributed by atoms with E-state index >= 15 is 0 Å². The molecule has 0 spiro atoms. The van der Waals surface area contributed by atoms with Crippen LogP contribution in [-0.4, -0.2) is 69.6 Å². The molecule has 0 aromatic carbocycles. The summed E-state index contributed by atoms with van der Waals surface area (Å²) in [6, 6.07) is 0. The van der Waals surface area contributed by atoms with E-state index in [1.165, 1.54) is 76.9 Å². The number of carbonyl (C=O) groups excluding carboxylic acids is 1. The van der Waals surface area contributed by atoms with E-state index in [0.717, 1.165) is 44.2 Å². The Hall–Kier alpha value is -1.18. The van der Waals surface area contributed by atoms with E-state index in [4.69, 9.17) is 4.74 Å². The van der Waals surface area contributed by atoms with Gasteiger partial charge in [-0.25, -0.2) is 8.42 Å². The molecule has 0 aromatic rings.